The summed E-state index contributed by atoms with van der Waals surface area (Å²) < 4.78 is 1.14. The van der Waals surface area contributed by atoms with E-state index < -0.39 is 5.97 Å². The quantitative estimate of drug-likeness (QED) is 0.489. The van der Waals surface area contributed by atoms with E-state index in [0.717, 1.165) is 11.0 Å². The van der Waals surface area contributed by atoms with Gasteiger partial charge in [0.15, 0.2) is 5.82 Å². The Bertz CT molecular complexity index is 571. The molecule has 17 heavy (non-hydrogen) atoms. The van der Waals surface area contributed by atoms with Crippen LogP contribution in [0.5, 0.6) is 0 Å². The third-order valence-corrected chi connectivity index (χ3v) is 1.97. The van der Waals surface area contributed by atoms with Gasteiger partial charge in [-0.3, -0.25) is 0 Å². The first kappa shape index (κ1) is 13.0. The van der Waals surface area contributed by atoms with Crippen molar-refractivity contribution in [2.24, 2.45) is 0 Å². The van der Waals surface area contributed by atoms with Crippen molar-refractivity contribution in [2.75, 3.05) is 0 Å². The molecule has 1 aromatic carbocycles. The van der Waals surface area contributed by atoms with Crippen molar-refractivity contribution in [3.05, 3.63) is 42.0 Å². The zero-order chi connectivity index (χ0) is 11.5. The first-order valence-corrected chi connectivity index (χ1v) is 4.34. The van der Waals surface area contributed by atoms with Crippen LogP contribution in [-0.4, -0.2) is 20.7 Å². The van der Waals surface area contributed by atoms with E-state index in [4.69, 9.17) is 5.26 Å². The summed E-state index contributed by atoms with van der Waals surface area (Å²) in [5.74, 6) is -1.67. The van der Waals surface area contributed by atoms with Crippen LogP contribution in [0.15, 0.2) is 30.6 Å². The number of carbonyl (C=O) groups is 1. The number of benzene rings is 1. The minimum atomic E-state index is -1.40. The SMILES string of the molecule is N#Cc1ccc(-n2ncnc2C(=O)[O-])cc1.[Li+]. The van der Waals surface area contributed by atoms with Crippen LogP contribution in [0, 0.1) is 11.3 Å². The molecule has 78 valence electrons. The molecule has 0 aliphatic rings. The second-order valence-electron chi connectivity index (χ2n) is 2.94. The van der Waals surface area contributed by atoms with Crippen LogP contribution < -0.4 is 24.0 Å². The molecule has 1 aromatic heterocycles. The van der Waals surface area contributed by atoms with E-state index in [2.05, 4.69) is 10.1 Å². The van der Waals surface area contributed by atoms with Gasteiger partial charge >= 0.3 is 18.9 Å². The summed E-state index contributed by atoms with van der Waals surface area (Å²) in [5, 5.41) is 23.1. The van der Waals surface area contributed by atoms with Gasteiger partial charge in [-0.05, 0) is 24.3 Å². The molecular formula is C10H5LiN4O2. The molecule has 0 atom stereocenters. The molecule has 0 spiro atoms. The van der Waals surface area contributed by atoms with E-state index in [1.807, 2.05) is 6.07 Å². The summed E-state index contributed by atoms with van der Waals surface area (Å²) in [4.78, 5) is 14.3. The van der Waals surface area contributed by atoms with Gasteiger partial charge < -0.3 is 9.90 Å². The fourth-order valence-electron chi connectivity index (χ4n) is 1.25. The second kappa shape index (κ2) is 5.31. The molecule has 1 heterocycles. The van der Waals surface area contributed by atoms with Crippen LogP contribution in [0.2, 0.25) is 0 Å². The van der Waals surface area contributed by atoms with Crippen LogP contribution in [0.25, 0.3) is 5.69 Å². The van der Waals surface area contributed by atoms with Crippen molar-refractivity contribution in [3.63, 3.8) is 0 Å². The van der Waals surface area contributed by atoms with E-state index in [-0.39, 0.29) is 24.7 Å². The summed E-state index contributed by atoms with van der Waals surface area (Å²) >= 11 is 0. The van der Waals surface area contributed by atoms with Gasteiger partial charge in [0.2, 0.25) is 0 Å². The molecule has 0 radical (unpaired) electrons. The topological polar surface area (TPSA) is 94.6 Å². The molecule has 0 amide bonds. The van der Waals surface area contributed by atoms with Crippen molar-refractivity contribution in [1.29, 1.82) is 5.26 Å². The maximum Gasteiger partial charge on any atom is 1.00 e. The zero-order valence-corrected chi connectivity index (χ0v) is 8.99. The first-order chi connectivity index (χ1) is 7.72. The molecule has 0 bridgehead atoms. The summed E-state index contributed by atoms with van der Waals surface area (Å²) in [6, 6.07) is 8.26. The fourth-order valence-corrected chi connectivity index (χ4v) is 1.25. The van der Waals surface area contributed by atoms with Crippen LogP contribution >= 0.6 is 0 Å². The molecule has 0 aliphatic heterocycles. The van der Waals surface area contributed by atoms with Gasteiger partial charge in [-0.25, -0.2) is 9.67 Å². The molecule has 0 aliphatic carbocycles. The third-order valence-electron chi connectivity index (χ3n) is 1.97. The average Bonchev–Trinajstić information content (AvgIpc) is 2.78. The Labute approximate surface area is 109 Å². The maximum atomic E-state index is 10.7. The molecule has 2 rings (SSSR count). The van der Waals surface area contributed by atoms with Gasteiger partial charge in [0.05, 0.1) is 17.3 Å². The Morgan fingerprint density at radius 1 is 1.35 bits per heavy atom. The second-order valence-corrected chi connectivity index (χ2v) is 2.94. The Balaban J connectivity index is 0.00000144. The number of nitriles is 1. The summed E-state index contributed by atoms with van der Waals surface area (Å²) in [6.45, 7) is 0. The summed E-state index contributed by atoms with van der Waals surface area (Å²) in [7, 11) is 0. The predicted molar refractivity (Wildman–Crippen MR) is 50.4 cm³/mol. The Morgan fingerprint density at radius 2 is 2.00 bits per heavy atom. The number of carbonyl (C=O) groups excluding carboxylic acids is 1. The predicted octanol–water partition coefficient (Wildman–Crippen LogP) is -3.49. The summed E-state index contributed by atoms with van der Waals surface area (Å²) in [6.07, 6.45) is 1.13. The van der Waals surface area contributed by atoms with Crippen LogP contribution in [0.3, 0.4) is 0 Å². The van der Waals surface area contributed by atoms with E-state index >= 15 is 0 Å². The first-order valence-electron chi connectivity index (χ1n) is 4.34. The van der Waals surface area contributed by atoms with Gasteiger partial charge in [0, 0.05) is 0 Å². The fraction of sp³-hybridized carbons (Fsp3) is 0. The Kier molecular flexibility index (Phi) is 4.05. The molecule has 0 N–H and O–H groups in total. The normalized spacial score (nSPS) is 9.12. The molecule has 0 saturated heterocycles. The van der Waals surface area contributed by atoms with Gasteiger partial charge in [0.1, 0.15) is 12.3 Å². The maximum absolute atomic E-state index is 10.7. The van der Waals surface area contributed by atoms with Crippen molar-refractivity contribution in [1.82, 2.24) is 14.8 Å². The van der Waals surface area contributed by atoms with Crippen molar-refractivity contribution < 1.29 is 28.8 Å². The van der Waals surface area contributed by atoms with Crippen molar-refractivity contribution in [2.45, 2.75) is 0 Å². The van der Waals surface area contributed by atoms with Gasteiger partial charge in [-0.2, -0.15) is 10.4 Å². The standard InChI is InChI=1S/C10H6N4O2.Li/c11-5-7-1-3-8(4-2-7)14-9(10(15)16)12-6-13-14;/h1-4,6H,(H,15,16);/q;+1/p-1. The molecule has 6 nitrogen and oxygen atoms in total. The van der Waals surface area contributed by atoms with Crippen molar-refractivity contribution >= 4 is 5.97 Å². The van der Waals surface area contributed by atoms with Crippen molar-refractivity contribution in [3.8, 4) is 11.8 Å². The number of hydrogen-bond acceptors (Lipinski definition) is 5. The van der Waals surface area contributed by atoms with E-state index in [9.17, 15) is 9.90 Å². The monoisotopic (exact) mass is 220 g/mol. The number of hydrogen-bond donors (Lipinski definition) is 0. The molecule has 0 unspecified atom stereocenters. The zero-order valence-electron chi connectivity index (χ0n) is 8.99. The van der Waals surface area contributed by atoms with Gasteiger partial charge in [0.25, 0.3) is 0 Å². The Hall–Kier alpha value is -2.08. The number of nitrogens with zero attached hydrogens (tertiary/aromatic N) is 4. The van der Waals surface area contributed by atoms with Gasteiger partial charge in [-0.1, -0.05) is 0 Å². The summed E-state index contributed by atoms with van der Waals surface area (Å²) in [5.41, 5.74) is 0.995. The number of carboxylic acids is 1. The number of rotatable bonds is 2. The van der Waals surface area contributed by atoms with Gasteiger partial charge in [-0.15, -0.1) is 0 Å². The number of carboxylic acid groups (broad SMARTS) is 1. The van der Waals surface area contributed by atoms with E-state index in [1.54, 1.807) is 24.3 Å². The van der Waals surface area contributed by atoms with Crippen LogP contribution in [0.4, 0.5) is 0 Å². The molecular weight excluding hydrogens is 215 g/mol. The van der Waals surface area contributed by atoms with E-state index in [0.29, 0.717) is 11.3 Å². The van der Waals surface area contributed by atoms with E-state index in [1.165, 1.54) is 0 Å². The largest absolute Gasteiger partial charge is 1.00 e. The van der Waals surface area contributed by atoms with Crippen LogP contribution in [-0.2, 0) is 0 Å². The minimum Gasteiger partial charge on any atom is -0.541 e. The number of aromatic nitrogens is 3. The number of aromatic carboxylic acids is 1. The minimum absolute atomic E-state index is 0. The van der Waals surface area contributed by atoms with Crippen LogP contribution in [0.1, 0.15) is 16.2 Å². The molecule has 0 fully saturated rings. The molecule has 7 heteroatoms. The smallest absolute Gasteiger partial charge is 0.541 e. The Morgan fingerprint density at radius 3 is 2.53 bits per heavy atom. The molecule has 2 aromatic rings. The third kappa shape index (κ3) is 2.54. The molecule has 0 saturated carbocycles. The average molecular weight is 220 g/mol.